The SMILES string of the molecule is NC(=O)c1cnc(CNC2(c3nnnn3C3CC3)CCN3CCCCC3C2)s1. The lowest BCUT2D eigenvalue weighted by atomic mass is 9.79. The summed E-state index contributed by atoms with van der Waals surface area (Å²) in [7, 11) is 0. The molecule has 0 aromatic carbocycles. The Bertz CT molecular complexity index is 861. The fraction of sp³-hybridized carbons (Fsp3) is 0.722. The lowest BCUT2D eigenvalue weighted by molar-refractivity contribution is 0.0415. The van der Waals surface area contributed by atoms with Crippen molar-refractivity contribution >= 4 is 17.2 Å². The number of carbonyl (C=O) groups excluding carboxylic acids is 1. The van der Waals surface area contributed by atoms with Gasteiger partial charge in [0.1, 0.15) is 9.88 Å². The van der Waals surface area contributed by atoms with Gasteiger partial charge in [0.2, 0.25) is 0 Å². The van der Waals surface area contributed by atoms with Crippen LogP contribution in [0.25, 0.3) is 0 Å². The molecule has 2 aliphatic heterocycles. The number of nitrogens with zero attached hydrogens (tertiary/aromatic N) is 6. The number of hydrogen-bond acceptors (Lipinski definition) is 8. The van der Waals surface area contributed by atoms with Crippen molar-refractivity contribution < 1.29 is 4.79 Å². The standard InChI is InChI=1S/C18H26N8OS/c19-16(27)14-10-20-15(28-14)11-21-18(17-22-23-24-26(17)12-4-5-12)6-8-25-7-2-1-3-13(25)9-18/h10,12-13,21H,1-9,11H2,(H2,19,27). The van der Waals surface area contributed by atoms with Crippen molar-refractivity contribution in [3.63, 3.8) is 0 Å². The van der Waals surface area contributed by atoms with E-state index in [1.165, 1.54) is 37.1 Å². The van der Waals surface area contributed by atoms with Gasteiger partial charge < -0.3 is 10.6 Å². The van der Waals surface area contributed by atoms with E-state index < -0.39 is 5.91 Å². The number of nitrogens with one attached hydrogen (secondary N) is 1. The molecule has 28 heavy (non-hydrogen) atoms. The van der Waals surface area contributed by atoms with Crippen LogP contribution in [-0.2, 0) is 12.1 Å². The van der Waals surface area contributed by atoms with Gasteiger partial charge in [-0.2, -0.15) is 0 Å². The fourth-order valence-electron chi connectivity index (χ4n) is 4.69. The minimum Gasteiger partial charge on any atom is -0.365 e. The quantitative estimate of drug-likeness (QED) is 0.746. The highest BCUT2D eigenvalue weighted by Gasteiger charge is 2.46. The molecule has 3 fully saturated rings. The first-order valence-corrected chi connectivity index (χ1v) is 11.0. The van der Waals surface area contributed by atoms with Crippen LogP contribution in [0.15, 0.2) is 6.20 Å². The monoisotopic (exact) mass is 402 g/mol. The summed E-state index contributed by atoms with van der Waals surface area (Å²) in [6, 6.07) is 1.01. The molecule has 4 heterocycles. The number of tetrazole rings is 1. The molecule has 1 aliphatic carbocycles. The van der Waals surface area contributed by atoms with Gasteiger partial charge in [0.05, 0.1) is 17.8 Å². The predicted octanol–water partition coefficient (Wildman–Crippen LogP) is 1.20. The lowest BCUT2D eigenvalue weighted by Gasteiger charge is -2.48. The number of nitrogens with two attached hydrogens (primary N) is 1. The molecule has 2 aromatic heterocycles. The van der Waals surface area contributed by atoms with E-state index in [9.17, 15) is 4.79 Å². The summed E-state index contributed by atoms with van der Waals surface area (Å²) < 4.78 is 2.04. The van der Waals surface area contributed by atoms with E-state index in [-0.39, 0.29) is 5.54 Å². The van der Waals surface area contributed by atoms with Crippen LogP contribution in [0.1, 0.15) is 71.5 Å². The van der Waals surface area contributed by atoms with E-state index in [0.717, 1.165) is 43.1 Å². The van der Waals surface area contributed by atoms with Crippen molar-refractivity contribution in [2.24, 2.45) is 5.73 Å². The van der Waals surface area contributed by atoms with Gasteiger partial charge in [-0.25, -0.2) is 9.67 Å². The Kier molecular flexibility index (Phi) is 4.64. The van der Waals surface area contributed by atoms with Crippen LogP contribution >= 0.6 is 11.3 Å². The number of hydrogen-bond donors (Lipinski definition) is 2. The molecule has 10 heteroatoms. The maximum atomic E-state index is 11.4. The second-order valence-electron chi connectivity index (χ2n) is 8.24. The zero-order valence-electron chi connectivity index (χ0n) is 15.9. The largest absolute Gasteiger partial charge is 0.365 e. The topological polar surface area (TPSA) is 115 Å². The van der Waals surface area contributed by atoms with Gasteiger partial charge >= 0.3 is 0 Å². The van der Waals surface area contributed by atoms with Crippen molar-refractivity contribution in [2.75, 3.05) is 13.1 Å². The number of carbonyl (C=O) groups is 1. The van der Waals surface area contributed by atoms with Crippen LogP contribution in [-0.4, -0.2) is 55.1 Å². The Morgan fingerprint density at radius 3 is 2.96 bits per heavy atom. The number of thiazole rings is 1. The molecule has 5 rings (SSSR count). The van der Waals surface area contributed by atoms with Crippen LogP contribution < -0.4 is 11.1 Å². The highest BCUT2D eigenvalue weighted by Crippen LogP contribution is 2.42. The van der Waals surface area contributed by atoms with Gasteiger partial charge in [0, 0.05) is 19.1 Å². The maximum Gasteiger partial charge on any atom is 0.260 e. The first-order chi connectivity index (χ1) is 13.6. The van der Waals surface area contributed by atoms with E-state index in [2.05, 4.69) is 30.7 Å². The van der Waals surface area contributed by atoms with E-state index in [1.807, 2.05) is 4.68 Å². The Hall–Kier alpha value is -1.91. The first kappa shape index (κ1) is 18.1. The summed E-state index contributed by atoms with van der Waals surface area (Å²) in [6.45, 7) is 2.84. The minimum absolute atomic E-state index is 0.261. The minimum atomic E-state index is -0.424. The van der Waals surface area contributed by atoms with Crippen LogP contribution in [0.3, 0.4) is 0 Å². The van der Waals surface area contributed by atoms with Crippen molar-refractivity contribution in [3.05, 3.63) is 21.9 Å². The summed E-state index contributed by atoms with van der Waals surface area (Å²) in [5, 5.41) is 17.5. The van der Waals surface area contributed by atoms with Gasteiger partial charge in [-0.1, -0.05) is 6.42 Å². The van der Waals surface area contributed by atoms with Crippen molar-refractivity contribution in [1.29, 1.82) is 0 Å². The van der Waals surface area contributed by atoms with Crippen LogP contribution in [0.4, 0.5) is 0 Å². The molecule has 150 valence electrons. The van der Waals surface area contributed by atoms with Crippen molar-refractivity contribution in [2.45, 2.75) is 69.1 Å². The maximum absolute atomic E-state index is 11.4. The molecular weight excluding hydrogens is 376 g/mol. The summed E-state index contributed by atoms with van der Waals surface area (Å²) in [5.41, 5.74) is 5.12. The summed E-state index contributed by atoms with van der Waals surface area (Å²) in [6.07, 6.45) is 9.67. The van der Waals surface area contributed by atoms with E-state index in [0.29, 0.717) is 23.5 Å². The molecule has 0 spiro atoms. The van der Waals surface area contributed by atoms with Crippen LogP contribution in [0.2, 0.25) is 0 Å². The fourth-order valence-corrected chi connectivity index (χ4v) is 5.40. The normalized spacial score (nSPS) is 28.2. The average molecular weight is 403 g/mol. The Morgan fingerprint density at radius 2 is 2.18 bits per heavy atom. The molecule has 3 aliphatic rings. The zero-order chi connectivity index (χ0) is 19.1. The molecular formula is C18H26N8OS. The third-order valence-electron chi connectivity index (χ3n) is 6.35. The van der Waals surface area contributed by atoms with Gasteiger partial charge in [0.15, 0.2) is 5.82 Å². The Balaban J connectivity index is 1.42. The summed E-state index contributed by atoms with van der Waals surface area (Å²) in [5.74, 6) is 0.540. The smallest absolute Gasteiger partial charge is 0.260 e. The lowest BCUT2D eigenvalue weighted by Crippen LogP contribution is -2.57. The zero-order valence-corrected chi connectivity index (χ0v) is 16.7. The number of aromatic nitrogens is 5. The second-order valence-corrected chi connectivity index (χ2v) is 9.35. The van der Waals surface area contributed by atoms with Gasteiger partial charge in [-0.05, 0) is 55.5 Å². The van der Waals surface area contributed by atoms with E-state index in [1.54, 1.807) is 6.20 Å². The Labute approximate surface area is 167 Å². The molecule has 2 unspecified atom stereocenters. The molecule has 2 aromatic rings. The van der Waals surface area contributed by atoms with Gasteiger partial charge in [-0.3, -0.25) is 10.1 Å². The third kappa shape index (κ3) is 3.33. The summed E-state index contributed by atoms with van der Waals surface area (Å²) in [4.78, 5) is 18.9. The van der Waals surface area contributed by atoms with Gasteiger partial charge in [-0.15, -0.1) is 16.4 Å². The highest BCUT2D eigenvalue weighted by molar-refractivity contribution is 7.13. The molecule has 3 N–H and O–H groups in total. The number of fused-ring (bicyclic) bond motifs is 1. The van der Waals surface area contributed by atoms with E-state index >= 15 is 0 Å². The number of primary amides is 1. The molecule has 2 atom stereocenters. The molecule has 0 radical (unpaired) electrons. The van der Waals surface area contributed by atoms with Crippen LogP contribution in [0, 0.1) is 0 Å². The number of piperidine rings is 2. The molecule has 0 bridgehead atoms. The van der Waals surface area contributed by atoms with Crippen molar-refractivity contribution in [1.82, 2.24) is 35.4 Å². The number of amides is 1. The van der Waals surface area contributed by atoms with Crippen molar-refractivity contribution in [3.8, 4) is 0 Å². The average Bonchev–Trinajstić information content (AvgIpc) is 3.23. The molecule has 1 saturated carbocycles. The molecule has 2 saturated heterocycles. The third-order valence-corrected chi connectivity index (χ3v) is 7.36. The molecule has 1 amide bonds. The molecule has 9 nitrogen and oxygen atoms in total. The predicted molar refractivity (Wildman–Crippen MR) is 104 cm³/mol. The van der Waals surface area contributed by atoms with Gasteiger partial charge in [0.25, 0.3) is 5.91 Å². The second kappa shape index (κ2) is 7.16. The summed E-state index contributed by atoms with van der Waals surface area (Å²) >= 11 is 1.35. The Morgan fingerprint density at radius 1 is 1.29 bits per heavy atom. The first-order valence-electron chi connectivity index (χ1n) is 10.2. The van der Waals surface area contributed by atoms with Crippen LogP contribution in [0.5, 0.6) is 0 Å². The highest BCUT2D eigenvalue weighted by atomic mass is 32.1. The van der Waals surface area contributed by atoms with E-state index in [4.69, 9.17) is 5.73 Å². The number of rotatable bonds is 6.